The maximum atomic E-state index is 12.9. The molecule has 0 bridgehead atoms. The Labute approximate surface area is 166 Å². The molecule has 0 fully saturated rings. The van der Waals surface area contributed by atoms with Crippen molar-refractivity contribution < 1.29 is 14.3 Å². The molecule has 1 aliphatic rings. The van der Waals surface area contributed by atoms with Crippen LogP contribution in [0.5, 0.6) is 0 Å². The predicted octanol–water partition coefficient (Wildman–Crippen LogP) is 4.28. The molecule has 4 nitrogen and oxygen atoms in total. The third kappa shape index (κ3) is 4.39. The van der Waals surface area contributed by atoms with Crippen LogP contribution in [0.2, 0.25) is 0 Å². The number of carbonyl (C=O) groups is 2. The van der Waals surface area contributed by atoms with Crippen molar-refractivity contribution in [1.29, 1.82) is 0 Å². The molecule has 0 N–H and O–H groups in total. The molecule has 28 heavy (non-hydrogen) atoms. The summed E-state index contributed by atoms with van der Waals surface area (Å²) in [5.41, 5.74) is 2.14. The Morgan fingerprint density at radius 1 is 0.929 bits per heavy atom. The number of benzene rings is 2. The van der Waals surface area contributed by atoms with Crippen molar-refractivity contribution >= 4 is 11.9 Å². The van der Waals surface area contributed by atoms with Crippen LogP contribution in [0, 0.1) is 5.41 Å². The minimum absolute atomic E-state index is 0.147. The lowest BCUT2D eigenvalue weighted by Gasteiger charge is -2.36. The highest BCUT2D eigenvalue weighted by Crippen LogP contribution is 2.40. The van der Waals surface area contributed by atoms with Crippen molar-refractivity contribution in [2.24, 2.45) is 5.41 Å². The van der Waals surface area contributed by atoms with Crippen LogP contribution in [0.15, 0.2) is 84.7 Å². The molecule has 0 saturated heterocycles. The van der Waals surface area contributed by atoms with Gasteiger partial charge in [0.15, 0.2) is 0 Å². The largest absolute Gasteiger partial charge is 0.463 e. The summed E-state index contributed by atoms with van der Waals surface area (Å²) >= 11 is 0. The Morgan fingerprint density at radius 3 is 1.93 bits per heavy atom. The van der Waals surface area contributed by atoms with E-state index in [1.54, 1.807) is 19.3 Å². The van der Waals surface area contributed by atoms with Gasteiger partial charge in [-0.15, -0.1) is 0 Å². The molecule has 0 atom stereocenters. The van der Waals surface area contributed by atoms with E-state index in [-0.39, 0.29) is 18.5 Å². The zero-order valence-corrected chi connectivity index (χ0v) is 16.3. The number of amides is 1. The first-order valence-corrected chi connectivity index (χ1v) is 9.49. The smallest absolute Gasteiger partial charge is 0.336 e. The second kappa shape index (κ2) is 8.70. The second-order valence-corrected chi connectivity index (χ2v) is 6.99. The molecule has 1 aliphatic heterocycles. The number of nitrogens with zero attached hydrogens (tertiary/aromatic N) is 1. The molecule has 0 aliphatic carbocycles. The van der Waals surface area contributed by atoms with Crippen molar-refractivity contribution in [3.63, 3.8) is 0 Å². The highest BCUT2D eigenvalue weighted by atomic mass is 16.5. The molecule has 144 valence electrons. The van der Waals surface area contributed by atoms with E-state index in [4.69, 9.17) is 4.74 Å². The Balaban J connectivity index is 2.08. The lowest BCUT2D eigenvalue weighted by molar-refractivity contribution is -0.139. The van der Waals surface area contributed by atoms with Crippen molar-refractivity contribution in [1.82, 2.24) is 4.90 Å². The van der Waals surface area contributed by atoms with E-state index < -0.39 is 5.41 Å². The van der Waals surface area contributed by atoms with Crippen LogP contribution in [0.1, 0.15) is 25.0 Å². The quantitative estimate of drug-likeness (QED) is 0.708. The van der Waals surface area contributed by atoms with Gasteiger partial charge < -0.3 is 4.74 Å². The molecule has 3 rings (SSSR count). The molecule has 0 aromatic heterocycles. The van der Waals surface area contributed by atoms with Gasteiger partial charge in [0.2, 0.25) is 5.91 Å². The first kappa shape index (κ1) is 19.6. The molecule has 1 heterocycles. The summed E-state index contributed by atoms with van der Waals surface area (Å²) in [5, 5.41) is 0. The zero-order valence-electron chi connectivity index (χ0n) is 16.3. The molecular formula is C24H25NO3. The van der Waals surface area contributed by atoms with Crippen molar-refractivity contribution in [2.45, 2.75) is 26.7 Å². The van der Waals surface area contributed by atoms with Gasteiger partial charge in [0.25, 0.3) is 0 Å². The van der Waals surface area contributed by atoms with E-state index in [0.29, 0.717) is 18.4 Å². The summed E-state index contributed by atoms with van der Waals surface area (Å²) in [5.74, 6) is -0.531. The van der Waals surface area contributed by atoms with Crippen LogP contribution in [0.4, 0.5) is 0 Å². The first-order chi connectivity index (χ1) is 13.5. The Hall–Kier alpha value is -3.14. The van der Waals surface area contributed by atoms with Crippen molar-refractivity contribution in [3.8, 4) is 0 Å². The maximum absolute atomic E-state index is 12.9. The molecule has 0 radical (unpaired) electrons. The fraction of sp³-hybridized carbons (Fsp3) is 0.250. The highest BCUT2D eigenvalue weighted by molar-refractivity contribution is 5.92. The number of allylic oxidation sites excluding steroid dienone is 1. The minimum atomic E-state index is -0.596. The predicted molar refractivity (Wildman–Crippen MR) is 109 cm³/mol. The summed E-state index contributed by atoms with van der Waals surface area (Å²) in [6, 6.07) is 20.2. The van der Waals surface area contributed by atoms with Gasteiger partial charge in [-0.05, 0) is 30.9 Å². The lowest BCUT2D eigenvalue weighted by Crippen LogP contribution is -2.37. The molecule has 0 saturated carbocycles. The number of esters is 1. The SMILES string of the molecule is CCOC(=O)C1=CN(C(C)=O)C=CC1(Cc1ccccc1)Cc1ccccc1. The van der Waals surface area contributed by atoms with Gasteiger partial charge in [0.1, 0.15) is 0 Å². The Bertz CT molecular complexity index is 843. The van der Waals surface area contributed by atoms with E-state index in [1.807, 2.05) is 42.5 Å². The molecular weight excluding hydrogens is 350 g/mol. The van der Waals surface area contributed by atoms with Crippen LogP contribution < -0.4 is 0 Å². The van der Waals surface area contributed by atoms with E-state index in [9.17, 15) is 9.59 Å². The standard InChI is InChI=1S/C24H25NO3/c1-3-28-23(27)22-18-25(19(2)26)15-14-24(22,16-20-10-6-4-7-11-20)17-21-12-8-5-9-13-21/h4-15,18H,3,16-17H2,1-2H3. The number of hydrogen-bond donors (Lipinski definition) is 0. The lowest BCUT2D eigenvalue weighted by atomic mass is 9.70. The van der Waals surface area contributed by atoms with Gasteiger partial charge in [-0.25, -0.2) is 4.79 Å². The van der Waals surface area contributed by atoms with Crippen molar-refractivity contribution in [3.05, 3.63) is 95.8 Å². The van der Waals surface area contributed by atoms with Crippen LogP contribution in [0.3, 0.4) is 0 Å². The number of carbonyl (C=O) groups excluding carboxylic acids is 2. The normalized spacial score (nSPS) is 15.1. The topological polar surface area (TPSA) is 46.6 Å². The number of hydrogen-bond acceptors (Lipinski definition) is 3. The van der Waals surface area contributed by atoms with E-state index in [2.05, 4.69) is 24.3 Å². The fourth-order valence-electron chi connectivity index (χ4n) is 3.58. The third-order valence-corrected chi connectivity index (χ3v) is 4.94. The monoisotopic (exact) mass is 375 g/mol. The van der Waals surface area contributed by atoms with E-state index in [0.717, 1.165) is 11.1 Å². The average Bonchev–Trinajstić information content (AvgIpc) is 2.69. The molecule has 0 unspecified atom stereocenters. The highest BCUT2D eigenvalue weighted by Gasteiger charge is 2.40. The average molecular weight is 375 g/mol. The molecule has 1 amide bonds. The Morgan fingerprint density at radius 2 is 1.46 bits per heavy atom. The molecule has 2 aromatic carbocycles. The zero-order chi connectivity index (χ0) is 20.0. The van der Waals surface area contributed by atoms with Gasteiger partial charge in [0, 0.05) is 24.7 Å². The van der Waals surface area contributed by atoms with Crippen LogP contribution >= 0.6 is 0 Å². The van der Waals surface area contributed by atoms with Crippen LogP contribution in [-0.4, -0.2) is 23.4 Å². The number of ether oxygens (including phenoxy) is 1. The molecule has 0 spiro atoms. The van der Waals surface area contributed by atoms with Gasteiger partial charge in [-0.1, -0.05) is 66.7 Å². The van der Waals surface area contributed by atoms with Crippen LogP contribution in [0.25, 0.3) is 0 Å². The van der Waals surface area contributed by atoms with Gasteiger partial charge in [-0.3, -0.25) is 9.69 Å². The number of rotatable bonds is 6. The molecule has 2 aromatic rings. The minimum Gasteiger partial charge on any atom is -0.463 e. The molecule has 4 heteroatoms. The van der Waals surface area contributed by atoms with Gasteiger partial charge in [0.05, 0.1) is 12.2 Å². The van der Waals surface area contributed by atoms with Crippen LogP contribution in [-0.2, 0) is 27.2 Å². The summed E-state index contributed by atoms with van der Waals surface area (Å²) in [7, 11) is 0. The van der Waals surface area contributed by atoms with E-state index >= 15 is 0 Å². The summed E-state index contributed by atoms with van der Waals surface area (Å²) in [6.07, 6.45) is 6.63. The van der Waals surface area contributed by atoms with E-state index in [1.165, 1.54) is 11.8 Å². The third-order valence-electron chi connectivity index (χ3n) is 4.94. The fourth-order valence-corrected chi connectivity index (χ4v) is 3.58. The first-order valence-electron chi connectivity index (χ1n) is 9.49. The maximum Gasteiger partial charge on any atom is 0.336 e. The summed E-state index contributed by atoms with van der Waals surface area (Å²) in [4.78, 5) is 26.3. The van der Waals surface area contributed by atoms with Crippen molar-refractivity contribution in [2.75, 3.05) is 6.61 Å². The van der Waals surface area contributed by atoms with Gasteiger partial charge >= 0.3 is 5.97 Å². The second-order valence-electron chi connectivity index (χ2n) is 6.99. The summed E-state index contributed by atoms with van der Waals surface area (Å²) in [6.45, 7) is 3.55. The van der Waals surface area contributed by atoms with Gasteiger partial charge in [-0.2, -0.15) is 0 Å². The summed E-state index contributed by atoms with van der Waals surface area (Å²) < 4.78 is 5.36. The Kier molecular flexibility index (Phi) is 6.09.